The molecule has 2 aromatic rings. The van der Waals surface area contributed by atoms with Gasteiger partial charge in [-0.1, -0.05) is 28.1 Å². The lowest BCUT2D eigenvalue weighted by Crippen LogP contribution is -1.97. The molecule has 0 aliphatic carbocycles. The molecule has 0 radical (unpaired) electrons. The fraction of sp³-hybridized carbons (Fsp3) is 0.0625. The van der Waals surface area contributed by atoms with Crippen molar-refractivity contribution in [3.05, 3.63) is 63.3 Å². The maximum atomic E-state index is 12.3. The number of allylic oxidation sites excluding steroid dienone is 1. The second-order valence-corrected chi connectivity index (χ2v) is 5.50. The van der Waals surface area contributed by atoms with Gasteiger partial charge in [-0.25, -0.2) is 0 Å². The molecule has 4 heteroatoms. The van der Waals surface area contributed by atoms with Crippen molar-refractivity contribution in [3.63, 3.8) is 0 Å². The average Bonchev–Trinajstić information content (AvgIpc) is 2.72. The van der Waals surface area contributed by atoms with Crippen LogP contribution in [0, 0.1) is 6.92 Å². The van der Waals surface area contributed by atoms with Crippen molar-refractivity contribution in [1.82, 2.24) is 0 Å². The summed E-state index contributed by atoms with van der Waals surface area (Å²) in [5, 5.41) is 9.67. The molecular formula is C16H11BrO3. The first-order valence-electron chi connectivity index (χ1n) is 6.08. The van der Waals surface area contributed by atoms with Crippen LogP contribution in [-0.2, 0) is 0 Å². The summed E-state index contributed by atoms with van der Waals surface area (Å²) in [5.74, 6) is 0.673. The minimum absolute atomic E-state index is 0.125. The van der Waals surface area contributed by atoms with Gasteiger partial charge in [-0.3, -0.25) is 4.79 Å². The van der Waals surface area contributed by atoms with E-state index in [1.54, 1.807) is 19.1 Å². The van der Waals surface area contributed by atoms with Gasteiger partial charge >= 0.3 is 0 Å². The first-order valence-corrected chi connectivity index (χ1v) is 6.88. The highest BCUT2D eigenvalue weighted by Crippen LogP contribution is 2.38. The number of carbonyl (C=O) groups is 1. The lowest BCUT2D eigenvalue weighted by molar-refractivity contribution is 0.101. The van der Waals surface area contributed by atoms with E-state index in [1.165, 1.54) is 6.07 Å². The van der Waals surface area contributed by atoms with Gasteiger partial charge in [-0.15, -0.1) is 0 Å². The van der Waals surface area contributed by atoms with E-state index in [-0.39, 0.29) is 17.3 Å². The summed E-state index contributed by atoms with van der Waals surface area (Å²) in [5.41, 5.74) is 1.94. The molecule has 0 atom stereocenters. The number of benzene rings is 2. The Morgan fingerprint density at radius 3 is 2.80 bits per heavy atom. The third-order valence-corrected chi connectivity index (χ3v) is 3.70. The molecule has 0 fully saturated rings. The van der Waals surface area contributed by atoms with E-state index < -0.39 is 0 Å². The minimum atomic E-state index is -0.164. The Balaban J connectivity index is 2.04. The highest BCUT2D eigenvalue weighted by molar-refractivity contribution is 9.10. The second kappa shape index (κ2) is 4.80. The van der Waals surface area contributed by atoms with Crippen molar-refractivity contribution < 1.29 is 14.6 Å². The molecule has 0 spiro atoms. The quantitative estimate of drug-likeness (QED) is 0.801. The molecule has 3 rings (SSSR count). The number of carbonyl (C=O) groups excluding carboxylic acids is 1. The molecular weight excluding hydrogens is 320 g/mol. The first-order chi connectivity index (χ1) is 9.56. The molecule has 1 aliphatic rings. The molecule has 0 saturated carbocycles. The number of rotatable bonds is 1. The Hall–Kier alpha value is -2.07. The van der Waals surface area contributed by atoms with Crippen LogP contribution >= 0.6 is 15.9 Å². The predicted octanol–water partition coefficient (Wildman–Crippen LogP) is 4.08. The maximum absolute atomic E-state index is 12.3. The number of halogens is 1. The number of phenolic OH excluding ortho intramolecular Hbond substituents is 1. The van der Waals surface area contributed by atoms with Crippen LogP contribution in [0.15, 0.2) is 46.6 Å². The van der Waals surface area contributed by atoms with Gasteiger partial charge in [0.15, 0.2) is 5.76 Å². The number of hydrogen-bond donors (Lipinski definition) is 1. The van der Waals surface area contributed by atoms with Crippen molar-refractivity contribution in [3.8, 4) is 11.5 Å². The Morgan fingerprint density at radius 1 is 1.25 bits per heavy atom. The van der Waals surface area contributed by atoms with Gasteiger partial charge in [0.25, 0.3) is 0 Å². The third kappa shape index (κ3) is 2.12. The van der Waals surface area contributed by atoms with Crippen molar-refractivity contribution in [2.45, 2.75) is 6.92 Å². The highest BCUT2D eigenvalue weighted by Gasteiger charge is 2.29. The van der Waals surface area contributed by atoms with Gasteiger partial charge < -0.3 is 9.84 Å². The van der Waals surface area contributed by atoms with E-state index >= 15 is 0 Å². The van der Waals surface area contributed by atoms with Crippen LogP contribution < -0.4 is 4.74 Å². The molecule has 3 nitrogen and oxygen atoms in total. The molecule has 0 amide bonds. The highest BCUT2D eigenvalue weighted by atomic mass is 79.9. The Kier molecular flexibility index (Phi) is 3.10. The number of ketones is 1. The molecule has 2 aromatic carbocycles. The average molecular weight is 331 g/mol. The number of phenols is 1. The van der Waals surface area contributed by atoms with Crippen LogP contribution in [0.25, 0.3) is 6.08 Å². The molecule has 0 unspecified atom stereocenters. The molecule has 20 heavy (non-hydrogen) atoms. The van der Waals surface area contributed by atoms with E-state index in [2.05, 4.69) is 15.9 Å². The SMILES string of the molecule is Cc1c(O)ccc2c1O/C(=C\c1cccc(Br)c1)C2=O. The van der Waals surface area contributed by atoms with E-state index in [0.717, 1.165) is 10.0 Å². The largest absolute Gasteiger partial charge is 0.508 e. The number of ether oxygens (including phenoxy) is 1. The van der Waals surface area contributed by atoms with Crippen molar-refractivity contribution in [2.75, 3.05) is 0 Å². The predicted molar refractivity (Wildman–Crippen MR) is 79.9 cm³/mol. The zero-order chi connectivity index (χ0) is 14.3. The molecule has 1 N–H and O–H groups in total. The summed E-state index contributed by atoms with van der Waals surface area (Å²) in [7, 11) is 0. The topological polar surface area (TPSA) is 46.5 Å². The number of Topliss-reactive ketones (excluding diaryl/α,β-unsaturated/α-hetero) is 1. The zero-order valence-corrected chi connectivity index (χ0v) is 12.3. The lowest BCUT2D eigenvalue weighted by atomic mass is 10.1. The summed E-state index contributed by atoms with van der Waals surface area (Å²) in [4.78, 5) is 12.3. The van der Waals surface area contributed by atoms with Crippen LogP contribution in [0.3, 0.4) is 0 Å². The van der Waals surface area contributed by atoms with Crippen molar-refractivity contribution >= 4 is 27.8 Å². The van der Waals surface area contributed by atoms with Gasteiger partial charge in [-0.05, 0) is 42.8 Å². The fourth-order valence-corrected chi connectivity index (χ4v) is 2.54. The van der Waals surface area contributed by atoms with E-state index in [0.29, 0.717) is 16.9 Å². The number of hydrogen-bond acceptors (Lipinski definition) is 3. The third-order valence-electron chi connectivity index (χ3n) is 3.20. The molecule has 0 bridgehead atoms. The smallest absolute Gasteiger partial charge is 0.231 e. The van der Waals surface area contributed by atoms with Gasteiger partial charge in [0.1, 0.15) is 11.5 Å². The summed E-state index contributed by atoms with van der Waals surface area (Å²) >= 11 is 3.39. The normalized spacial score (nSPS) is 15.3. The molecule has 1 heterocycles. The Bertz CT molecular complexity index is 747. The van der Waals surface area contributed by atoms with Crippen LogP contribution in [0.1, 0.15) is 21.5 Å². The summed E-state index contributed by atoms with van der Waals surface area (Å²) in [6, 6.07) is 10.7. The summed E-state index contributed by atoms with van der Waals surface area (Å²) in [6.45, 7) is 1.73. The van der Waals surface area contributed by atoms with Crippen LogP contribution in [0.5, 0.6) is 11.5 Å². The van der Waals surface area contributed by atoms with E-state index in [4.69, 9.17) is 4.74 Å². The number of aromatic hydroxyl groups is 1. The Morgan fingerprint density at radius 2 is 2.05 bits per heavy atom. The number of fused-ring (bicyclic) bond motifs is 1. The maximum Gasteiger partial charge on any atom is 0.231 e. The van der Waals surface area contributed by atoms with Crippen molar-refractivity contribution in [2.24, 2.45) is 0 Å². The second-order valence-electron chi connectivity index (χ2n) is 4.58. The summed E-state index contributed by atoms with van der Waals surface area (Å²) < 4.78 is 6.54. The molecule has 0 aromatic heterocycles. The van der Waals surface area contributed by atoms with E-state index in [9.17, 15) is 9.90 Å². The lowest BCUT2D eigenvalue weighted by Gasteiger charge is -2.04. The molecule has 100 valence electrons. The molecule has 1 aliphatic heterocycles. The monoisotopic (exact) mass is 330 g/mol. The minimum Gasteiger partial charge on any atom is -0.508 e. The van der Waals surface area contributed by atoms with Gasteiger partial charge in [0.05, 0.1) is 5.56 Å². The molecule has 0 saturated heterocycles. The van der Waals surface area contributed by atoms with Crippen molar-refractivity contribution in [1.29, 1.82) is 0 Å². The van der Waals surface area contributed by atoms with E-state index in [1.807, 2.05) is 24.3 Å². The van der Waals surface area contributed by atoms with Gasteiger partial charge in [0, 0.05) is 10.0 Å². The van der Waals surface area contributed by atoms with Crippen LogP contribution in [0.2, 0.25) is 0 Å². The van der Waals surface area contributed by atoms with Gasteiger partial charge in [0.2, 0.25) is 5.78 Å². The standard InChI is InChI=1S/C16H11BrO3/c1-9-13(18)6-5-12-15(19)14(20-16(9)12)8-10-3-2-4-11(17)7-10/h2-8,18H,1H3/b14-8-. The zero-order valence-electron chi connectivity index (χ0n) is 10.7. The Labute approximate surface area is 124 Å². The summed E-state index contributed by atoms with van der Waals surface area (Å²) in [6.07, 6.45) is 1.70. The first kappa shape index (κ1) is 12.9. The van der Waals surface area contributed by atoms with Crippen LogP contribution in [-0.4, -0.2) is 10.9 Å². The van der Waals surface area contributed by atoms with Crippen LogP contribution in [0.4, 0.5) is 0 Å². The fourth-order valence-electron chi connectivity index (χ4n) is 2.12. The van der Waals surface area contributed by atoms with Gasteiger partial charge in [-0.2, -0.15) is 0 Å².